The number of rotatable bonds is 4. The van der Waals surface area contributed by atoms with Crippen molar-refractivity contribution in [3.63, 3.8) is 0 Å². The van der Waals surface area contributed by atoms with Crippen LogP contribution in [0.4, 0.5) is 11.6 Å². The highest BCUT2D eigenvalue weighted by molar-refractivity contribution is 5.51. The van der Waals surface area contributed by atoms with Gasteiger partial charge in [-0.05, 0) is 37.1 Å². The van der Waals surface area contributed by atoms with Crippen LogP contribution < -0.4 is 9.80 Å². The number of aromatic nitrogens is 6. The molecule has 3 aromatic rings. The Morgan fingerprint density at radius 3 is 2.39 bits per heavy atom. The number of hydrogen-bond donors (Lipinski definition) is 0. The topological polar surface area (TPSA) is 75.3 Å². The molecule has 1 aliphatic carbocycles. The largest absolute Gasteiger partial charge is 0.352 e. The first-order chi connectivity index (χ1) is 13.4. The Morgan fingerprint density at radius 1 is 0.964 bits per heavy atom. The number of likely N-dealkylation sites (N-methyl/N-ethyl adjacent to an activating group) is 1. The van der Waals surface area contributed by atoms with Crippen molar-refractivity contribution in [3.05, 3.63) is 35.8 Å². The second-order valence-electron chi connectivity index (χ2n) is 9.00. The Hall–Kier alpha value is -2.77. The van der Waals surface area contributed by atoms with E-state index in [4.69, 9.17) is 5.10 Å². The fourth-order valence-corrected chi connectivity index (χ4v) is 3.61. The van der Waals surface area contributed by atoms with Crippen molar-refractivity contribution in [1.82, 2.24) is 30.0 Å². The lowest BCUT2D eigenvalue weighted by molar-refractivity contribution is 0.482. The molecule has 1 aliphatic heterocycles. The van der Waals surface area contributed by atoms with Crippen molar-refractivity contribution < 1.29 is 0 Å². The van der Waals surface area contributed by atoms with Crippen molar-refractivity contribution in [2.24, 2.45) is 0 Å². The molecular weight excluding hydrogens is 352 g/mol. The summed E-state index contributed by atoms with van der Waals surface area (Å²) in [6, 6.07) is 8.64. The molecule has 3 aromatic heterocycles. The smallest absolute Gasteiger partial charge is 0.178 e. The van der Waals surface area contributed by atoms with E-state index in [1.807, 2.05) is 16.6 Å². The zero-order valence-electron chi connectivity index (χ0n) is 16.9. The fourth-order valence-electron chi connectivity index (χ4n) is 3.61. The molecule has 0 aromatic carbocycles. The summed E-state index contributed by atoms with van der Waals surface area (Å²) in [5.74, 6) is 3.41. The minimum Gasteiger partial charge on any atom is -0.352 e. The van der Waals surface area contributed by atoms with Crippen molar-refractivity contribution >= 4 is 17.3 Å². The Kier molecular flexibility index (Phi) is 3.79. The van der Waals surface area contributed by atoms with Gasteiger partial charge in [0.2, 0.25) is 0 Å². The molecular formula is C20H26N8. The summed E-state index contributed by atoms with van der Waals surface area (Å²) in [6.07, 6.45) is 2.50. The summed E-state index contributed by atoms with van der Waals surface area (Å²) in [5, 5.41) is 22.2. The third-order valence-corrected chi connectivity index (χ3v) is 5.68. The second-order valence-corrected chi connectivity index (χ2v) is 9.00. The van der Waals surface area contributed by atoms with Crippen molar-refractivity contribution in [2.45, 2.75) is 51.0 Å². The molecule has 146 valence electrons. The van der Waals surface area contributed by atoms with E-state index in [9.17, 15) is 0 Å². The van der Waals surface area contributed by atoms with Gasteiger partial charge < -0.3 is 9.80 Å². The van der Waals surface area contributed by atoms with Gasteiger partial charge in [-0.2, -0.15) is 9.61 Å². The van der Waals surface area contributed by atoms with E-state index in [1.165, 1.54) is 12.8 Å². The van der Waals surface area contributed by atoms with E-state index >= 15 is 0 Å². The van der Waals surface area contributed by atoms with E-state index in [-0.39, 0.29) is 5.41 Å². The zero-order chi connectivity index (χ0) is 19.5. The van der Waals surface area contributed by atoms with Gasteiger partial charge in [0.15, 0.2) is 17.3 Å². The summed E-state index contributed by atoms with van der Waals surface area (Å²) >= 11 is 0. The lowest BCUT2D eigenvalue weighted by Gasteiger charge is -2.44. The minimum atomic E-state index is -0.103. The molecule has 8 nitrogen and oxygen atoms in total. The first kappa shape index (κ1) is 17.3. The van der Waals surface area contributed by atoms with Gasteiger partial charge in [-0.15, -0.1) is 20.4 Å². The number of anilines is 2. The standard InChI is InChI=1S/C20H26N8/c1-20(2,3)19-24-23-17-9-10-18(25-28(17)19)27-11-14(12-27)26(4)16-8-7-15(21-22-16)13-5-6-13/h7-10,13-14H,5-6,11-12H2,1-4H3. The third kappa shape index (κ3) is 2.96. The molecule has 2 aliphatic rings. The molecule has 5 rings (SSSR count). The number of fused-ring (bicyclic) bond motifs is 1. The predicted molar refractivity (Wildman–Crippen MR) is 108 cm³/mol. The molecule has 0 unspecified atom stereocenters. The third-order valence-electron chi connectivity index (χ3n) is 5.68. The average molecular weight is 378 g/mol. The van der Waals surface area contributed by atoms with Crippen LogP contribution in [0.2, 0.25) is 0 Å². The van der Waals surface area contributed by atoms with E-state index < -0.39 is 0 Å². The molecule has 28 heavy (non-hydrogen) atoms. The summed E-state index contributed by atoms with van der Waals surface area (Å²) in [5.41, 5.74) is 1.82. The quantitative estimate of drug-likeness (QED) is 0.690. The van der Waals surface area contributed by atoms with Crippen LogP contribution in [0.15, 0.2) is 24.3 Å². The van der Waals surface area contributed by atoms with E-state index in [1.54, 1.807) is 0 Å². The molecule has 4 heterocycles. The lowest BCUT2D eigenvalue weighted by Crippen LogP contribution is -2.59. The molecule has 0 spiro atoms. The van der Waals surface area contributed by atoms with Crippen LogP contribution >= 0.6 is 0 Å². The molecule has 8 heteroatoms. The summed E-state index contributed by atoms with van der Waals surface area (Å²) < 4.78 is 1.87. The Morgan fingerprint density at radius 2 is 1.75 bits per heavy atom. The van der Waals surface area contributed by atoms with Gasteiger partial charge in [-0.3, -0.25) is 0 Å². The molecule has 1 saturated carbocycles. The SMILES string of the molecule is CN(c1ccc(C2CC2)nn1)C1CN(c2ccc3nnc(C(C)(C)C)n3n2)C1. The lowest BCUT2D eigenvalue weighted by atomic mass is 9.96. The van der Waals surface area contributed by atoms with Crippen LogP contribution in [0, 0.1) is 0 Å². The summed E-state index contributed by atoms with van der Waals surface area (Å²) in [6.45, 7) is 8.20. The van der Waals surface area contributed by atoms with Crippen LogP contribution in [0.25, 0.3) is 5.65 Å². The van der Waals surface area contributed by atoms with Crippen LogP contribution in [0.1, 0.15) is 51.0 Å². The normalized spacial score (nSPS) is 17.8. The van der Waals surface area contributed by atoms with Crippen LogP contribution in [-0.2, 0) is 5.41 Å². The molecule has 0 N–H and O–H groups in total. The Labute approximate surface area is 164 Å². The zero-order valence-corrected chi connectivity index (χ0v) is 16.9. The molecule has 1 saturated heterocycles. The highest BCUT2D eigenvalue weighted by Gasteiger charge is 2.33. The van der Waals surface area contributed by atoms with E-state index in [0.29, 0.717) is 12.0 Å². The Balaban J connectivity index is 1.29. The highest BCUT2D eigenvalue weighted by Crippen LogP contribution is 2.38. The first-order valence-electron chi connectivity index (χ1n) is 9.94. The maximum atomic E-state index is 4.80. The van der Waals surface area contributed by atoms with Gasteiger partial charge in [-0.1, -0.05) is 20.8 Å². The van der Waals surface area contributed by atoms with Crippen molar-refractivity contribution in [1.29, 1.82) is 0 Å². The minimum absolute atomic E-state index is 0.103. The average Bonchev–Trinajstić information content (AvgIpc) is 3.38. The monoisotopic (exact) mass is 378 g/mol. The fraction of sp³-hybridized carbons (Fsp3) is 0.550. The van der Waals surface area contributed by atoms with E-state index in [2.05, 4.69) is 70.1 Å². The van der Waals surface area contributed by atoms with Gasteiger partial charge in [0.05, 0.1) is 11.7 Å². The predicted octanol–water partition coefficient (Wildman–Crippen LogP) is 2.41. The number of nitrogens with zero attached hydrogens (tertiary/aromatic N) is 8. The first-order valence-corrected chi connectivity index (χ1v) is 9.94. The van der Waals surface area contributed by atoms with Crippen molar-refractivity contribution in [2.75, 3.05) is 29.9 Å². The van der Waals surface area contributed by atoms with Gasteiger partial charge in [0.1, 0.15) is 5.82 Å². The second kappa shape index (κ2) is 6.12. The van der Waals surface area contributed by atoms with Gasteiger partial charge in [0, 0.05) is 31.5 Å². The van der Waals surface area contributed by atoms with Crippen molar-refractivity contribution in [3.8, 4) is 0 Å². The highest BCUT2D eigenvalue weighted by atomic mass is 15.4. The summed E-state index contributed by atoms with van der Waals surface area (Å²) in [7, 11) is 2.09. The maximum Gasteiger partial charge on any atom is 0.178 e. The van der Waals surface area contributed by atoms with E-state index in [0.717, 1.165) is 41.9 Å². The van der Waals surface area contributed by atoms with Crippen LogP contribution in [0.5, 0.6) is 0 Å². The molecule has 0 atom stereocenters. The Bertz CT molecular complexity index is 993. The summed E-state index contributed by atoms with van der Waals surface area (Å²) in [4.78, 5) is 4.50. The molecule has 0 bridgehead atoms. The molecule has 0 amide bonds. The van der Waals surface area contributed by atoms with Crippen LogP contribution in [-0.4, -0.2) is 56.2 Å². The van der Waals surface area contributed by atoms with Crippen LogP contribution in [0.3, 0.4) is 0 Å². The molecule has 0 radical (unpaired) electrons. The maximum absolute atomic E-state index is 4.80. The molecule has 2 fully saturated rings. The van der Waals surface area contributed by atoms with Gasteiger partial charge >= 0.3 is 0 Å². The van der Waals surface area contributed by atoms with Gasteiger partial charge in [0.25, 0.3) is 0 Å². The van der Waals surface area contributed by atoms with Gasteiger partial charge in [-0.25, -0.2) is 0 Å². The number of hydrogen-bond acceptors (Lipinski definition) is 7.